The molecule has 0 aromatic heterocycles. The molecule has 13 heavy (non-hydrogen) atoms. The molecule has 0 radical (unpaired) electrons. The molecule has 0 aromatic rings. The Morgan fingerprint density at radius 2 is 1.92 bits per heavy atom. The fourth-order valence-corrected chi connectivity index (χ4v) is 2.35. The summed E-state index contributed by atoms with van der Waals surface area (Å²) in [5, 5.41) is 0. The zero-order valence-corrected chi connectivity index (χ0v) is 7.82. The summed E-state index contributed by atoms with van der Waals surface area (Å²) in [7, 11) is -5.08. The van der Waals surface area contributed by atoms with Crippen LogP contribution in [0.25, 0.3) is 0 Å². The number of rotatable bonds is 1. The van der Waals surface area contributed by atoms with Gasteiger partial charge < -0.3 is 0 Å². The molecule has 1 saturated heterocycles. The summed E-state index contributed by atoms with van der Waals surface area (Å²) in [6, 6.07) is 0. The van der Waals surface area contributed by atoms with E-state index in [2.05, 4.69) is 0 Å². The van der Waals surface area contributed by atoms with Crippen molar-refractivity contribution >= 4 is 10.0 Å². The van der Waals surface area contributed by atoms with Crippen molar-refractivity contribution in [3.63, 3.8) is 0 Å². The van der Waals surface area contributed by atoms with Gasteiger partial charge in [0.1, 0.15) is 0 Å². The summed E-state index contributed by atoms with van der Waals surface area (Å²) < 4.78 is 58.0. The lowest BCUT2D eigenvalue weighted by Gasteiger charge is -2.17. The third-order valence-corrected chi connectivity index (χ3v) is 3.62. The van der Waals surface area contributed by atoms with Gasteiger partial charge in [-0.1, -0.05) is 6.92 Å². The first-order valence-electron chi connectivity index (χ1n) is 3.81. The Kier molecular flexibility index (Phi) is 2.59. The molecular formula is C6H10F3NO2S. The zero-order chi connectivity index (χ0) is 10.3. The largest absolute Gasteiger partial charge is 0.511 e. The average molecular weight is 217 g/mol. The first-order chi connectivity index (χ1) is 5.75. The van der Waals surface area contributed by atoms with Crippen LogP contribution >= 0.6 is 0 Å². The molecule has 3 nitrogen and oxygen atoms in total. The maximum absolute atomic E-state index is 12.0. The fourth-order valence-electron chi connectivity index (χ4n) is 1.26. The average Bonchev–Trinajstić information content (AvgIpc) is 2.33. The molecular weight excluding hydrogens is 207 g/mol. The standard InChI is InChI=1S/C6H10F3NO2S/c1-5-2-3-10(4-5)13(11,12)6(7,8)9/h5H,2-4H2,1H3/t5-/m0/s1. The quantitative estimate of drug-likeness (QED) is 0.661. The minimum absolute atomic E-state index is 0.0112. The molecule has 1 aliphatic heterocycles. The van der Waals surface area contributed by atoms with Crippen molar-refractivity contribution in [1.29, 1.82) is 0 Å². The van der Waals surface area contributed by atoms with Gasteiger partial charge in [0.25, 0.3) is 0 Å². The Bertz CT molecular complexity index is 285. The van der Waals surface area contributed by atoms with Crippen molar-refractivity contribution in [2.24, 2.45) is 5.92 Å². The molecule has 0 unspecified atom stereocenters. The van der Waals surface area contributed by atoms with Crippen molar-refractivity contribution in [3.05, 3.63) is 0 Å². The second-order valence-corrected chi connectivity index (χ2v) is 5.13. The molecule has 0 bridgehead atoms. The highest BCUT2D eigenvalue weighted by Gasteiger charge is 2.51. The summed E-state index contributed by atoms with van der Waals surface area (Å²) in [5.41, 5.74) is -5.16. The van der Waals surface area contributed by atoms with Crippen LogP contribution in [0.1, 0.15) is 13.3 Å². The van der Waals surface area contributed by atoms with E-state index in [1.807, 2.05) is 0 Å². The second kappa shape index (κ2) is 3.13. The Morgan fingerprint density at radius 1 is 1.38 bits per heavy atom. The topological polar surface area (TPSA) is 37.4 Å². The summed E-state index contributed by atoms with van der Waals surface area (Å²) in [4.78, 5) is 0. The van der Waals surface area contributed by atoms with Crippen LogP contribution in [0.2, 0.25) is 0 Å². The second-order valence-electron chi connectivity index (χ2n) is 3.20. The van der Waals surface area contributed by atoms with E-state index < -0.39 is 15.5 Å². The van der Waals surface area contributed by atoms with Crippen LogP contribution in [-0.2, 0) is 10.0 Å². The van der Waals surface area contributed by atoms with E-state index in [1.54, 1.807) is 6.92 Å². The molecule has 0 N–H and O–H groups in total. The number of nitrogens with zero attached hydrogens (tertiary/aromatic N) is 1. The summed E-state index contributed by atoms with van der Waals surface area (Å²) in [6.45, 7) is 1.68. The van der Waals surface area contributed by atoms with Gasteiger partial charge in [-0.25, -0.2) is 8.42 Å². The van der Waals surface area contributed by atoms with E-state index in [1.165, 1.54) is 0 Å². The molecule has 0 saturated carbocycles. The highest BCUT2D eigenvalue weighted by molar-refractivity contribution is 7.90. The molecule has 7 heteroatoms. The minimum atomic E-state index is -5.16. The minimum Gasteiger partial charge on any atom is -0.203 e. The SMILES string of the molecule is C[C@H]1CCN(S(=O)(=O)C(F)(F)F)C1. The predicted octanol–water partition coefficient (Wildman–Crippen LogP) is 1.18. The molecule has 1 rings (SSSR count). The Morgan fingerprint density at radius 3 is 2.23 bits per heavy atom. The maximum Gasteiger partial charge on any atom is 0.511 e. The molecule has 0 aliphatic carbocycles. The van der Waals surface area contributed by atoms with Crippen LogP contribution in [0.4, 0.5) is 13.2 Å². The number of sulfonamides is 1. The number of alkyl halides is 3. The van der Waals surface area contributed by atoms with Gasteiger partial charge in [-0.15, -0.1) is 0 Å². The van der Waals surface area contributed by atoms with Crippen molar-refractivity contribution in [2.75, 3.05) is 13.1 Å². The molecule has 78 valence electrons. The number of halogens is 3. The first-order valence-corrected chi connectivity index (χ1v) is 5.25. The molecule has 1 heterocycles. The van der Waals surface area contributed by atoms with Gasteiger partial charge >= 0.3 is 15.5 Å². The molecule has 1 aliphatic rings. The van der Waals surface area contributed by atoms with Gasteiger partial charge in [0.2, 0.25) is 0 Å². The van der Waals surface area contributed by atoms with Crippen LogP contribution in [0.5, 0.6) is 0 Å². The van der Waals surface area contributed by atoms with E-state index in [0.29, 0.717) is 10.7 Å². The van der Waals surface area contributed by atoms with Crippen molar-refractivity contribution < 1.29 is 21.6 Å². The smallest absolute Gasteiger partial charge is 0.203 e. The van der Waals surface area contributed by atoms with Gasteiger partial charge in [-0.2, -0.15) is 17.5 Å². The number of hydrogen-bond acceptors (Lipinski definition) is 2. The Hall–Kier alpha value is -0.300. The van der Waals surface area contributed by atoms with E-state index in [4.69, 9.17) is 0 Å². The van der Waals surface area contributed by atoms with Gasteiger partial charge in [0.05, 0.1) is 0 Å². The van der Waals surface area contributed by atoms with Gasteiger partial charge in [0.15, 0.2) is 0 Å². The predicted molar refractivity (Wildman–Crippen MR) is 40.3 cm³/mol. The fraction of sp³-hybridized carbons (Fsp3) is 1.00. The lowest BCUT2D eigenvalue weighted by Crippen LogP contribution is -2.39. The maximum atomic E-state index is 12.0. The van der Waals surface area contributed by atoms with Gasteiger partial charge in [-0.3, -0.25) is 0 Å². The highest BCUT2D eigenvalue weighted by atomic mass is 32.2. The van der Waals surface area contributed by atoms with Gasteiger partial charge in [-0.05, 0) is 12.3 Å². The summed E-state index contributed by atoms with van der Waals surface area (Å²) >= 11 is 0. The first kappa shape index (κ1) is 10.8. The highest BCUT2D eigenvalue weighted by Crippen LogP contribution is 2.30. The van der Waals surface area contributed by atoms with Crippen LogP contribution in [0.15, 0.2) is 0 Å². The summed E-state index contributed by atoms with van der Waals surface area (Å²) in [6.07, 6.45) is 0.495. The molecule has 1 atom stereocenters. The monoisotopic (exact) mass is 217 g/mol. The van der Waals surface area contributed by atoms with Crippen molar-refractivity contribution in [1.82, 2.24) is 4.31 Å². The number of hydrogen-bond donors (Lipinski definition) is 0. The van der Waals surface area contributed by atoms with Crippen molar-refractivity contribution in [3.8, 4) is 0 Å². The van der Waals surface area contributed by atoms with Crippen LogP contribution in [0.3, 0.4) is 0 Å². The van der Waals surface area contributed by atoms with Gasteiger partial charge in [0, 0.05) is 13.1 Å². The molecule has 1 fully saturated rings. The lowest BCUT2D eigenvalue weighted by atomic mass is 10.2. The summed E-state index contributed by atoms with van der Waals surface area (Å²) in [5.74, 6) is 0.0112. The van der Waals surface area contributed by atoms with E-state index in [9.17, 15) is 21.6 Å². The zero-order valence-electron chi connectivity index (χ0n) is 7.00. The van der Waals surface area contributed by atoms with E-state index in [0.717, 1.165) is 0 Å². The third-order valence-electron chi connectivity index (χ3n) is 2.02. The van der Waals surface area contributed by atoms with Crippen molar-refractivity contribution in [2.45, 2.75) is 18.9 Å². The van der Waals surface area contributed by atoms with Crippen LogP contribution in [0, 0.1) is 5.92 Å². The van der Waals surface area contributed by atoms with Crippen LogP contribution in [-0.4, -0.2) is 31.3 Å². The third kappa shape index (κ3) is 1.96. The normalized spacial score (nSPS) is 26.6. The van der Waals surface area contributed by atoms with E-state index in [-0.39, 0.29) is 19.0 Å². The Balaban J connectivity index is 2.84. The lowest BCUT2D eigenvalue weighted by molar-refractivity contribution is -0.0484. The van der Waals surface area contributed by atoms with E-state index >= 15 is 0 Å². The molecule has 0 amide bonds. The molecule has 0 aromatic carbocycles. The molecule has 0 spiro atoms. The van der Waals surface area contributed by atoms with Crippen LogP contribution < -0.4 is 0 Å². The Labute approximate surface area is 74.6 Å².